The van der Waals surface area contributed by atoms with E-state index in [9.17, 15) is 9.90 Å². The number of hydrogen-bond donors (Lipinski definition) is 0. The van der Waals surface area contributed by atoms with Crippen molar-refractivity contribution in [3.05, 3.63) is 12.3 Å². The van der Waals surface area contributed by atoms with Crippen LogP contribution in [0.5, 0.6) is 0 Å². The molecule has 3 nitrogen and oxygen atoms in total. The molecule has 0 rings (SSSR count). The summed E-state index contributed by atoms with van der Waals surface area (Å²) in [5, 5.41) is 9.53. The van der Waals surface area contributed by atoms with Gasteiger partial charge in [-0.25, -0.2) is 4.79 Å². The van der Waals surface area contributed by atoms with Gasteiger partial charge < -0.3 is 9.84 Å². The molecule has 0 aliphatic heterocycles. The van der Waals surface area contributed by atoms with Crippen molar-refractivity contribution in [2.45, 2.75) is 6.92 Å². The molecule has 46 valence electrons. The van der Waals surface area contributed by atoms with Crippen molar-refractivity contribution in [1.82, 2.24) is 0 Å². The van der Waals surface area contributed by atoms with Crippen LogP contribution in [0.25, 0.3) is 0 Å². The third-order valence-electron chi connectivity index (χ3n) is 0.491. The molecule has 0 unspecified atom stereocenters. The molecule has 0 radical (unpaired) electrons. The zero-order valence-corrected chi connectivity index (χ0v) is 7.59. The van der Waals surface area contributed by atoms with Crippen LogP contribution in [-0.4, -0.2) is 12.6 Å². The molecule has 0 saturated heterocycles. The quantitative estimate of drug-likeness (QED) is 0.172. The van der Waals surface area contributed by atoms with Crippen LogP contribution in [0, 0.1) is 0 Å². The molecule has 0 aromatic rings. The fourth-order valence-corrected chi connectivity index (χ4v) is 0.246. The van der Waals surface area contributed by atoms with Crippen LogP contribution in [0.2, 0.25) is 0 Å². The van der Waals surface area contributed by atoms with Crippen molar-refractivity contribution in [3.8, 4) is 0 Å². The van der Waals surface area contributed by atoms with Gasteiger partial charge in [-0.15, -0.1) is 6.26 Å². The number of hydrogen-bond acceptors (Lipinski definition) is 3. The summed E-state index contributed by atoms with van der Waals surface area (Å²) in [6.45, 7) is 1.99. The SMILES string of the molecule is CCOC(=O)/C=C\[O-].[Na+]. The van der Waals surface area contributed by atoms with Gasteiger partial charge in [0.25, 0.3) is 0 Å². The van der Waals surface area contributed by atoms with Crippen molar-refractivity contribution < 1.29 is 44.2 Å². The normalized spacial score (nSPS) is 8.56. The van der Waals surface area contributed by atoms with Crippen LogP contribution < -0.4 is 34.7 Å². The molecule has 0 aliphatic rings. The summed E-state index contributed by atoms with van der Waals surface area (Å²) in [6.07, 6.45) is 1.24. The molecule has 0 N–H and O–H groups in total. The van der Waals surface area contributed by atoms with E-state index in [0.29, 0.717) is 12.9 Å². The molecule has 0 spiro atoms. The van der Waals surface area contributed by atoms with E-state index in [4.69, 9.17) is 0 Å². The number of rotatable bonds is 2. The maximum absolute atomic E-state index is 10.1. The molecule has 0 fully saturated rings. The first-order valence-electron chi connectivity index (χ1n) is 2.26. The summed E-state index contributed by atoms with van der Waals surface area (Å²) in [5.41, 5.74) is 0. The van der Waals surface area contributed by atoms with Gasteiger partial charge in [-0.3, -0.25) is 0 Å². The third-order valence-corrected chi connectivity index (χ3v) is 0.491. The summed E-state index contributed by atoms with van der Waals surface area (Å²) in [7, 11) is 0. The van der Waals surface area contributed by atoms with Crippen molar-refractivity contribution in [1.29, 1.82) is 0 Å². The van der Waals surface area contributed by atoms with Crippen molar-refractivity contribution >= 4 is 5.97 Å². The maximum Gasteiger partial charge on any atom is 1.00 e. The molecule has 0 saturated carbocycles. The summed E-state index contributed by atoms with van der Waals surface area (Å²) < 4.78 is 4.36. The van der Waals surface area contributed by atoms with Gasteiger partial charge in [-0.1, -0.05) is 0 Å². The molecule has 0 bridgehead atoms. The van der Waals surface area contributed by atoms with E-state index in [-0.39, 0.29) is 29.6 Å². The van der Waals surface area contributed by atoms with Gasteiger partial charge in [0.15, 0.2) is 0 Å². The minimum Gasteiger partial charge on any atom is -0.878 e. The molecule has 9 heavy (non-hydrogen) atoms. The third kappa shape index (κ3) is 8.01. The molecule has 0 atom stereocenters. The van der Waals surface area contributed by atoms with Crippen LogP contribution in [0.4, 0.5) is 0 Å². The second-order valence-corrected chi connectivity index (χ2v) is 1.05. The maximum atomic E-state index is 10.1. The van der Waals surface area contributed by atoms with Crippen molar-refractivity contribution in [3.63, 3.8) is 0 Å². The molecule has 4 heteroatoms. The zero-order valence-electron chi connectivity index (χ0n) is 5.59. The van der Waals surface area contributed by atoms with E-state index >= 15 is 0 Å². The van der Waals surface area contributed by atoms with E-state index in [0.717, 1.165) is 6.08 Å². The first-order valence-corrected chi connectivity index (χ1v) is 2.26. The van der Waals surface area contributed by atoms with Gasteiger partial charge in [0.2, 0.25) is 0 Å². The van der Waals surface area contributed by atoms with Gasteiger partial charge in [-0.2, -0.15) is 0 Å². The van der Waals surface area contributed by atoms with Gasteiger partial charge in [0.1, 0.15) is 0 Å². The fourth-order valence-electron chi connectivity index (χ4n) is 0.246. The molecule has 0 heterocycles. The average Bonchev–Trinajstić information content (AvgIpc) is 1.68. The smallest absolute Gasteiger partial charge is 0.878 e. The predicted molar refractivity (Wildman–Crippen MR) is 25.8 cm³/mol. The average molecular weight is 138 g/mol. The topological polar surface area (TPSA) is 49.4 Å². The van der Waals surface area contributed by atoms with Crippen molar-refractivity contribution in [2.24, 2.45) is 0 Å². The van der Waals surface area contributed by atoms with E-state index in [1.165, 1.54) is 0 Å². The Bertz CT molecular complexity index is 100. The second kappa shape index (κ2) is 8.01. The molecule has 0 aliphatic carbocycles. The summed E-state index contributed by atoms with van der Waals surface area (Å²) in [6, 6.07) is 0. The summed E-state index contributed by atoms with van der Waals surface area (Å²) in [4.78, 5) is 10.1. The largest absolute Gasteiger partial charge is 1.00 e. The van der Waals surface area contributed by atoms with Crippen LogP contribution in [0.15, 0.2) is 12.3 Å². The second-order valence-electron chi connectivity index (χ2n) is 1.05. The standard InChI is InChI=1S/C5H8O3.Na/c1-2-8-5(7)3-4-6;/h3-4,6H,2H2,1H3;/q;+1/p-1/b4-3-;. The molecular weight excluding hydrogens is 131 g/mol. The van der Waals surface area contributed by atoms with Crippen LogP contribution >= 0.6 is 0 Å². The Morgan fingerprint density at radius 2 is 2.33 bits per heavy atom. The molecule has 0 amide bonds. The summed E-state index contributed by atoms with van der Waals surface area (Å²) >= 11 is 0. The zero-order chi connectivity index (χ0) is 6.41. The number of carbonyl (C=O) groups excluding carboxylic acids is 1. The van der Waals surface area contributed by atoms with E-state index in [1.807, 2.05) is 0 Å². The first kappa shape index (κ1) is 11.8. The molecule has 0 aromatic heterocycles. The van der Waals surface area contributed by atoms with Crippen LogP contribution in [-0.2, 0) is 9.53 Å². The number of carbonyl (C=O) groups is 1. The molecule has 0 aromatic carbocycles. The van der Waals surface area contributed by atoms with Crippen LogP contribution in [0.3, 0.4) is 0 Å². The van der Waals surface area contributed by atoms with E-state index in [2.05, 4.69) is 4.74 Å². The van der Waals surface area contributed by atoms with Gasteiger partial charge in [0, 0.05) is 6.08 Å². The fraction of sp³-hybridized carbons (Fsp3) is 0.400. The Morgan fingerprint density at radius 3 is 2.67 bits per heavy atom. The predicted octanol–water partition coefficient (Wildman–Crippen LogP) is -3.57. The monoisotopic (exact) mass is 138 g/mol. The minimum absolute atomic E-state index is 0. The minimum atomic E-state index is -0.581. The number of ether oxygens (including phenoxy) is 1. The number of esters is 1. The van der Waals surface area contributed by atoms with E-state index in [1.54, 1.807) is 6.92 Å². The Morgan fingerprint density at radius 1 is 1.78 bits per heavy atom. The Labute approximate surface area is 76.0 Å². The Kier molecular flexibility index (Phi) is 10.5. The van der Waals surface area contributed by atoms with Gasteiger partial charge >= 0.3 is 35.5 Å². The van der Waals surface area contributed by atoms with Gasteiger partial charge in [0.05, 0.1) is 6.61 Å². The van der Waals surface area contributed by atoms with Crippen molar-refractivity contribution in [2.75, 3.05) is 6.61 Å². The Hall–Kier alpha value is 0.0100. The van der Waals surface area contributed by atoms with Crippen LogP contribution in [0.1, 0.15) is 6.92 Å². The Balaban J connectivity index is 0. The first-order chi connectivity index (χ1) is 3.81. The van der Waals surface area contributed by atoms with Gasteiger partial charge in [-0.05, 0) is 6.92 Å². The van der Waals surface area contributed by atoms with E-state index < -0.39 is 5.97 Å². The molecular formula is C5H7NaO3. The summed E-state index contributed by atoms with van der Waals surface area (Å²) in [5.74, 6) is -0.581.